The van der Waals surface area contributed by atoms with E-state index in [9.17, 15) is 0 Å². The second kappa shape index (κ2) is 8.64. The lowest BCUT2D eigenvalue weighted by Gasteiger charge is -2.13. The van der Waals surface area contributed by atoms with Crippen LogP contribution < -0.4 is 0 Å². The van der Waals surface area contributed by atoms with Crippen LogP contribution in [-0.4, -0.2) is 0 Å². The fourth-order valence-electron chi connectivity index (χ4n) is 7.50. The third-order valence-corrected chi connectivity index (χ3v) is 10.6. The van der Waals surface area contributed by atoms with Crippen molar-refractivity contribution < 1.29 is 0 Å². The second-order valence-corrected chi connectivity index (χ2v) is 12.7. The first-order chi connectivity index (χ1) is 21.3. The molecule has 0 amide bonds. The molecule has 0 saturated carbocycles. The van der Waals surface area contributed by atoms with Gasteiger partial charge in [0.15, 0.2) is 0 Å². The van der Waals surface area contributed by atoms with Gasteiger partial charge in [0.2, 0.25) is 0 Å². The van der Waals surface area contributed by atoms with Crippen molar-refractivity contribution in [3.05, 3.63) is 146 Å². The summed E-state index contributed by atoms with van der Waals surface area (Å²) in [6, 6.07) is 54.1. The Balaban J connectivity index is 1.21. The van der Waals surface area contributed by atoms with E-state index in [0.29, 0.717) is 0 Å². The lowest BCUT2D eigenvalue weighted by molar-refractivity contribution is 1.63. The maximum Gasteiger partial charge on any atom is 0.0440 e. The first kappa shape index (κ1) is 23.3. The minimum Gasteiger partial charge on any atom is -0.134 e. The number of rotatable bonds is 2. The van der Waals surface area contributed by atoms with Crippen LogP contribution in [0.3, 0.4) is 0 Å². The highest BCUT2D eigenvalue weighted by molar-refractivity contribution is 7.26. The van der Waals surface area contributed by atoms with Gasteiger partial charge in [-0.25, -0.2) is 0 Å². The predicted octanol–water partition coefficient (Wildman–Crippen LogP) is 12.6. The van der Waals surface area contributed by atoms with Crippen molar-refractivity contribution in [3.8, 4) is 22.3 Å². The third kappa shape index (κ3) is 3.20. The van der Waals surface area contributed by atoms with Crippen LogP contribution >= 0.6 is 11.3 Å². The first-order valence-electron chi connectivity index (χ1n) is 14.9. The van der Waals surface area contributed by atoms with Gasteiger partial charge in [-0.2, -0.15) is 0 Å². The van der Waals surface area contributed by atoms with Crippen molar-refractivity contribution in [2.75, 3.05) is 0 Å². The second-order valence-electron chi connectivity index (χ2n) is 11.6. The number of fused-ring (bicyclic) bond motifs is 9. The standard InChI is InChI=1S/C42H24S/c1-2-13-31-29(11-1)30-12-3-6-16-34(30)38-24-26(19-20-35(31)38)25-9-7-10-27(23-25)28-21-22-37-33-15-5-4-14-32(33)36-17-8-18-39-40(36)41(37)42(28)43-39/h1-24H. The number of hydrogen-bond acceptors (Lipinski definition) is 1. The summed E-state index contributed by atoms with van der Waals surface area (Å²) in [6.45, 7) is 0. The Kier molecular flexibility index (Phi) is 4.69. The summed E-state index contributed by atoms with van der Waals surface area (Å²) < 4.78 is 2.74. The average Bonchev–Trinajstić information content (AvgIpc) is 3.48. The Morgan fingerprint density at radius 2 is 0.791 bits per heavy atom. The minimum absolute atomic E-state index is 1.24. The van der Waals surface area contributed by atoms with Crippen LogP contribution in [0, 0.1) is 0 Å². The summed E-state index contributed by atoms with van der Waals surface area (Å²) in [5.74, 6) is 0. The van der Waals surface area contributed by atoms with Crippen LogP contribution in [0.4, 0.5) is 0 Å². The van der Waals surface area contributed by atoms with E-state index in [1.807, 2.05) is 11.3 Å². The van der Waals surface area contributed by atoms with Gasteiger partial charge in [-0.3, -0.25) is 0 Å². The number of hydrogen-bond donors (Lipinski definition) is 0. The SMILES string of the molecule is c1cc(-c2ccc3c4ccccc4c4ccccc4c3c2)cc(-c2ccc3c4ccccc4c4cccc5sc2c3c54)c1. The normalized spacial score (nSPS) is 12.2. The molecule has 0 aliphatic heterocycles. The summed E-state index contributed by atoms with van der Waals surface area (Å²) in [6.07, 6.45) is 0. The van der Waals surface area contributed by atoms with Crippen molar-refractivity contribution in [1.29, 1.82) is 0 Å². The highest BCUT2D eigenvalue weighted by atomic mass is 32.1. The molecule has 1 heteroatoms. The summed E-state index contributed by atoms with van der Waals surface area (Å²) in [5, 5.41) is 16.1. The smallest absolute Gasteiger partial charge is 0.0440 e. The molecule has 0 nitrogen and oxygen atoms in total. The van der Waals surface area contributed by atoms with E-state index in [1.165, 1.54) is 96.3 Å². The lowest BCUT2D eigenvalue weighted by atomic mass is 9.90. The largest absolute Gasteiger partial charge is 0.134 e. The van der Waals surface area contributed by atoms with Crippen LogP contribution in [0.25, 0.3) is 96.3 Å². The van der Waals surface area contributed by atoms with Gasteiger partial charge in [0, 0.05) is 20.2 Å². The van der Waals surface area contributed by atoms with Gasteiger partial charge < -0.3 is 0 Å². The zero-order valence-corrected chi connectivity index (χ0v) is 24.1. The molecule has 1 heterocycles. The Bertz CT molecular complexity index is 2690. The zero-order valence-electron chi connectivity index (χ0n) is 23.3. The van der Waals surface area contributed by atoms with Gasteiger partial charge in [-0.15, -0.1) is 11.3 Å². The molecule has 198 valence electrons. The molecule has 10 aromatic rings. The third-order valence-electron chi connectivity index (χ3n) is 9.40. The fraction of sp³-hybridized carbons (Fsp3) is 0. The molecule has 43 heavy (non-hydrogen) atoms. The molecule has 0 aliphatic rings. The number of thiophene rings is 1. The molecule has 10 rings (SSSR count). The summed E-state index contributed by atoms with van der Waals surface area (Å²) >= 11 is 1.93. The average molecular weight is 561 g/mol. The van der Waals surface area contributed by atoms with Crippen LogP contribution in [0.1, 0.15) is 0 Å². The molecule has 0 saturated heterocycles. The van der Waals surface area contributed by atoms with Gasteiger partial charge in [0.25, 0.3) is 0 Å². The van der Waals surface area contributed by atoms with Crippen LogP contribution in [-0.2, 0) is 0 Å². The highest BCUT2D eigenvalue weighted by Gasteiger charge is 2.18. The van der Waals surface area contributed by atoms with E-state index in [-0.39, 0.29) is 0 Å². The topological polar surface area (TPSA) is 0 Å². The lowest BCUT2D eigenvalue weighted by Crippen LogP contribution is -1.86. The zero-order chi connectivity index (χ0) is 28.1. The highest BCUT2D eigenvalue weighted by Crippen LogP contribution is 2.48. The van der Waals surface area contributed by atoms with Crippen molar-refractivity contribution in [2.24, 2.45) is 0 Å². The molecule has 0 atom stereocenters. The van der Waals surface area contributed by atoms with E-state index in [1.54, 1.807) is 0 Å². The van der Waals surface area contributed by atoms with E-state index in [0.717, 1.165) is 0 Å². The van der Waals surface area contributed by atoms with Crippen molar-refractivity contribution in [1.82, 2.24) is 0 Å². The summed E-state index contributed by atoms with van der Waals surface area (Å²) in [4.78, 5) is 0. The molecule has 0 unspecified atom stereocenters. The van der Waals surface area contributed by atoms with Crippen LogP contribution in [0.15, 0.2) is 146 Å². The number of benzene rings is 9. The van der Waals surface area contributed by atoms with Gasteiger partial charge in [-0.05, 0) is 94.3 Å². The van der Waals surface area contributed by atoms with E-state index in [4.69, 9.17) is 0 Å². The first-order valence-corrected chi connectivity index (χ1v) is 15.7. The quantitative estimate of drug-likeness (QED) is 0.184. The molecule has 0 spiro atoms. The molecule has 0 N–H and O–H groups in total. The van der Waals surface area contributed by atoms with Gasteiger partial charge in [-0.1, -0.05) is 127 Å². The van der Waals surface area contributed by atoms with E-state index < -0.39 is 0 Å². The molecule has 0 fully saturated rings. The predicted molar refractivity (Wildman–Crippen MR) is 189 cm³/mol. The Hall–Kier alpha value is -5.24. The van der Waals surface area contributed by atoms with Gasteiger partial charge in [0.1, 0.15) is 0 Å². The molecular formula is C42H24S. The van der Waals surface area contributed by atoms with E-state index in [2.05, 4.69) is 146 Å². The molecule has 0 aliphatic carbocycles. The van der Waals surface area contributed by atoms with Crippen molar-refractivity contribution >= 4 is 85.4 Å². The Morgan fingerprint density at radius 1 is 0.302 bits per heavy atom. The van der Waals surface area contributed by atoms with Gasteiger partial charge >= 0.3 is 0 Å². The molecule has 1 aromatic heterocycles. The molecular weight excluding hydrogens is 537 g/mol. The molecule has 0 radical (unpaired) electrons. The van der Waals surface area contributed by atoms with Crippen LogP contribution in [0.2, 0.25) is 0 Å². The summed E-state index contributed by atoms with van der Waals surface area (Å²) in [7, 11) is 0. The van der Waals surface area contributed by atoms with Gasteiger partial charge in [0.05, 0.1) is 0 Å². The monoisotopic (exact) mass is 560 g/mol. The minimum atomic E-state index is 1.24. The fourth-order valence-corrected chi connectivity index (χ4v) is 8.79. The van der Waals surface area contributed by atoms with Crippen molar-refractivity contribution in [2.45, 2.75) is 0 Å². The molecule has 9 aromatic carbocycles. The maximum absolute atomic E-state index is 2.39. The molecule has 0 bridgehead atoms. The van der Waals surface area contributed by atoms with E-state index >= 15 is 0 Å². The Labute approximate surface area is 252 Å². The maximum atomic E-state index is 2.39. The van der Waals surface area contributed by atoms with Crippen molar-refractivity contribution in [3.63, 3.8) is 0 Å². The van der Waals surface area contributed by atoms with Crippen LogP contribution in [0.5, 0.6) is 0 Å². The summed E-state index contributed by atoms with van der Waals surface area (Å²) in [5.41, 5.74) is 5.06. The Morgan fingerprint density at radius 3 is 1.49 bits per heavy atom.